The van der Waals surface area contributed by atoms with Crippen molar-refractivity contribution in [2.45, 2.75) is 0 Å². The first-order chi connectivity index (χ1) is 13.9. The standard InChI is InChI=1S/C21H12ClFN2O4/c22-15(10-12-6-8-18(29-12)13-3-1-2-4-16(13)23)19-24-17-9-11(21(27)28)5-7-14(17)20(26)25-19/h1-10H,(H,27,28)(H,24,25,26)/b15-10-. The topological polar surface area (TPSA) is 96.2 Å². The molecule has 0 saturated carbocycles. The van der Waals surface area contributed by atoms with Crippen LogP contribution >= 0.6 is 11.6 Å². The van der Waals surface area contributed by atoms with Crippen molar-refractivity contribution in [2.24, 2.45) is 0 Å². The number of carboxylic acids is 1. The highest BCUT2D eigenvalue weighted by molar-refractivity contribution is 6.50. The highest BCUT2D eigenvalue weighted by Gasteiger charge is 2.12. The van der Waals surface area contributed by atoms with Crippen LogP contribution in [0.2, 0.25) is 0 Å². The minimum atomic E-state index is -1.13. The molecule has 0 radical (unpaired) electrons. The molecule has 2 N–H and O–H groups in total. The van der Waals surface area contributed by atoms with Gasteiger partial charge in [0.15, 0.2) is 5.82 Å². The molecule has 29 heavy (non-hydrogen) atoms. The number of aromatic amines is 1. The molecule has 2 heterocycles. The molecule has 0 saturated heterocycles. The van der Waals surface area contributed by atoms with Gasteiger partial charge in [0.25, 0.3) is 5.56 Å². The number of halogens is 2. The third-order valence-electron chi connectivity index (χ3n) is 4.21. The largest absolute Gasteiger partial charge is 0.478 e. The molecule has 8 heteroatoms. The Kier molecular flexibility index (Phi) is 4.74. The SMILES string of the molecule is O=C(O)c1ccc2c(=O)[nH]c(/C(Cl)=C/c3ccc(-c4ccccc4F)o3)nc2c1. The van der Waals surface area contributed by atoms with E-state index in [1.54, 1.807) is 30.3 Å². The number of H-pyrrole nitrogens is 1. The van der Waals surface area contributed by atoms with Gasteiger partial charge >= 0.3 is 5.97 Å². The Morgan fingerprint density at radius 3 is 2.72 bits per heavy atom. The zero-order chi connectivity index (χ0) is 20.5. The number of rotatable bonds is 4. The number of carbonyl (C=O) groups is 1. The van der Waals surface area contributed by atoms with E-state index >= 15 is 0 Å². The monoisotopic (exact) mass is 410 g/mol. The summed E-state index contributed by atoms with van der Waals surface area (Å²) in [6, 6.07) is 13.4. The number of carboxylic acid groups (broad SMARTS) is 1. The molecule has 2 aromatic heterocycles. The second kappa shape index (κ2) is 7.37. The van der Waals surface area contributed by atoms with E-state index in [1.807, 2.05) is 0 Å². The number of nitrogens with one attached hydrogen (secondary N) is 1. The van der Waals surface area contributed by atoms with Crippen LogP contribution in [0, 0.1) is 5.82 Å². The number of hydrogen-bond donors (Lipinski definition) is 2. The van der Waals surface area contributed by atoms with Crippen LogP contribution in [-0.4, -0.2) is 21.0 Å². The smallest absolute Gasteiger partial charge is 0.335 e. The average molecular weight is 411 g/mol. The van der Waals surface area contributed by atoms with Gasteiger partial charge in [0.05, 0.1) is 27.1 Å². The molecule has 0 atom stereocenters. The molecule has 0 bridgehead atoms. The molecule has 0 fully saturated rings. The second-order valence-corrected chi connectivity index (χ2v) is 6.53. The first-order valence-electron chi connectivity index (χ1n) is 8.42. The molecule has 144 valence electrons. The molecule has 0 aliphatic rings. The molecular formula is C21H12ClFN2O4. The zero-order valence-electron chi connectivity index (χ0n) is 14.6. The fourth-order valence-corrected chi connectivity index (χ4v) is 3.01. The highest BCUT2D eigenvalue weighted by atomic mass is 35.5. The summed E-state index contributed by atoms with van der Waals surface area (Å²) < 4.78 is 19.5. The Morgan fingerprint density at radius 2 is 1.97 bits per heavy atom. The van der Waals surface area contributed by atoms with Crippen molar-refractivity contribution < 1.29 is 18.7 Å². The van der Waals surface area contributed by atoms with Gasteiger partial charge in [-0.1, -0.05) is 23.7 Å². The van der Waals surface area contributed by atoms with Gasteiger partial charge in [-0.3, -0.25) is 4.79 Å². The number of hydrogen-bond acceptors (Lipinski definition) is 4. The molecular weight excluding hydrogens is 399 g/mol. The van der Waals surface area contributed by atoms with Gasteiger partial charge in [-0.2, -0.15) is 0 Å². The third kappa shape index (κ3) is 3.68. The summed E-state index contributed by atoms with van der Waals surface area (Å²) in [5.41, 5.74) is 0.0468. The van der Waals surface area contributed by atoms with Gasteiger partial charge in [0, 0.05) is 6.08 Å². The van der Waals surface area contributed by atoms with Crippen LogP contribution in [-0.2, 0) is 0 Å². The van der Waals surface area contributed by atoms with Crippen LogP contribution in [0.15, 0.2) is 63.8 Å². The van der Waals surface area contributed by atoms with Gasteiger partial charge in [0.2, 0.25) is 0 Å². The van der Waals surface area contributed by atoms with E-state index in [9.17, 15) is 14.0 Å². The van der Waals surface area contributed by atoms with Crippen LogP contribution in [0.1, 0.15) is 21.9 Å². The molecule has 0 amide bonds. The first kappa shape index (κ1) is 18.6. The van der Waals surface area contributed by atoms with Crippen LogP contribution in [0.3, 0.4) is 0 Å². The van der Waals surface area contributed by atoms with E-state index < -0.39 is 17.3 Å². The number of nitrogens with zero attached hydrogens (tertiary/aromatic N) is 1. The molecule has 2 aromatic carbocycles. The summed E-state index contributed by atoms with van der Waals surface area (Å²) in [6.07, 6.45) is 1.43. The van der Waals surface area contributed by atoms with E-state index in [0.717, 1.165) is 0 Å². The minimum Gasteiger partial charge on any atom is -0.478 e. The van der Waals surface area contributed by atoms with Gasteiger partial charge in [-0.25, -0.2) is 14.2 Å². The normalized spacial score (nSPS) is 11.7. The summed E-state index contributed by atoms with van der Waals surface area (Å²) in [5, 5.41) is 9.42. The molecule has 0 aliphatic carbocycles. The summed E-state index contributed by atoms with van der Waals surface area (Å²) in [5.74, 6) is -0.845. The fourth-order valence-electron chi connectivity index (χ4n) is 2.82. The van der Waals surface area contributed by atoms with Crippen molar-refractivity contribution in [2.75, 3.05) is 0 Å². The lowest BCUT2D eigenvalue weighted by Crippen LogP contribution is -2.11. The maximum Gasteiger partial charge on any atom is 0.335 e. The van der Waals surface area contributed by atoms with Crippen molar-refractivity contribution in [3.05, 3.63) is 87.9 Å². The van der Waals surface area contributed by atoms with E-state index in [4.69, 9.17) is 21.1 Å². The Morgan fingerprint density at radius 1 is 1.17 bits per heavy atom. The summed E-state index contributed by atoms with van der Waals surface area (Å²) >= 11 is 6.28. The lowest BCUT2D eigenvalue weighted by atomic mass is 10.1. The molecule has 0 spiro atoms. The summed E-state index contributed by atoms with van der Waals surface area (Å²) in [6.45, 7) is 0. The minimum absolute atomic E-state index is 0.00205. The van der Waals surface area contributed by atoms with Crippen LogP contribution in [0.25, 0.3) is 33.3 Å². The number of benzene rings is 2. The fraction of sp³-hybridized carbons (Fsp3) is 0. The predicted molar refractivity (Wildman–Crippen MR) is 107 cm³/mol. The van der Waals surface area contributed by atoms with Gasteiger partial charge in [-0.05, 0) is 42.5 Å². The molecule has 0 unspecified atom stereocenters. The number of furan rings is 1. The Bertz CT molecular complexity index is 1340. The quantitative estimate of drug-likeness (QED) is 0.505. The van der Waals surface area contributed by atoms with Crippen molar-refractivity contribution in [3.63, 3.8) is 0 Å². The average Bonchev–Trinajstić information content (AvgIpc) is 3.16. The van der Waals surface area contributed by atoms with Crippen molar-refractivity contribution in [1.29, 1.82) is 0 Å². The molecule has 0 aliphatic heterocycles. The van der Waals surface area contributed by atoms with Crippen LogP contribution in [0.5, 0.6) is 0 Å². The Hall–Kier alpha value is -3.71. The summed E-state index contributed by atoms with van der Waals surface area (Å²) in [7, 11) is 0. The van der Waals surface area contributed by atoms with Gasteiger partial charge < -0.3 is 14.5 Å². The lowest BCUT2D eigenvalue weighted by molar-refractivity contribution is 0.0697. The highest BCUT2D eigenvalue weighted by Crippen LogP contribution is 2.27. The van der Waals surface area contributed by atoms with Crippen LogP contribution < -0.4 is 5.56 Å². The van der Waals surface area contributed by atoms with Crippen molar-refractivity contribution >= 4 is 39.6 Å². The van der Waals surface area contributed by atoms with E-state index in [-0.39, 0.29) is 27.3 Å². The van der Waals surface area contributed by atoms with Crippen molar-refractivity contribution in [1.82, 2.24) is 9.97 Å². The van der Waals surface area contributed by atoms with Crippen LogP contribution in [0.4, 0.5) is 4.39 Å². The maximum absolute atomic E-state index is 13.9. The number of aromatic nitrogens is 2. The molecule has 4 aromatic rings. The Labute approximate surface area is 167 Å². The third-order valence-corrected chi connectivity index (χ3v) is 4.50. The number of fused-ring (bicyclic) bond motifs is 1. The van der Waals surface area contributed by atoms with Crippen molar-refractivity contribution in [3.8, 4) is 11.3 Å². The summed E-state index contributed by atoms with van der Waals surface area (Å²) in [4.78, 5) is 30.2. The second-order valence-electron chi connectivity index (χ2n) is 6.13. The number of aromatic carboxylic acids is 1. The molecule has 4 rings (SSSR count). The lowest BCUT2D eigenvalue weighted by Gasteiger charge is -2.03. The Balaban J connectivity index is 1.72. The van der Waals surface area contributed by atoms with Gasteiger partial charge in [-0.15, -0.1) is 0 Å². The van der Waals surface area contributed by atoms with Gasteiger partial charge in [0.1, 0.15) is 17.3 Å². The first-order valence-corrected chi connectivity index (χ1v) is 8.80. The van der Waals surface area contributed by atoms with E-state index in [2.05, 4.69) is 9.97 Å². The zero-order valence-corrected chi connectivity index (χ0v) is 15.4. The predicted octanol–water partition coefficient (Wildman–Crippen LogP) is 4.76. The molecule has 6 nitrogen and oxygen atoms in total. The maximum atomic E-state index is 13.9. The van der Waals surface area contributed by atoms with E-state index in [1.165, 1.54) is 30.3 Å². The van der Waals surface area contributed by atoms with E-state index in [0.29, 0.717) is 17.1 Å².